The van der Waals surface area contributed by atoms with Gasteiger partial charge in [-0.25, -0.2) is 0 Å². The molecule has 0 aliphatic carbocycles. The van der Waals surface area contributed by atoms with E-state index in [1.54, 1.807) is 16.8 Å². The Hall–Kier alpha value is -2.66. The molecular weight excluding hydrogens is 392 g/mol. The van der Waals surface area contributed by atoms with Crippen molar-refractivity contribution in [3.8, 4) is 0 Å². The van der Waals surface area contributed by atoms with Crippen LogP contribution in [0.15, 0.2) is 65.1 Å². The summed E-state index contributed by atoms with van der Waals surface area (Å²) in [5, 5.41) is 1.95. The van der Waals surface area contributed by atoms with E-state index < -0.39 is 0 Å². The predicted octanol–water partition coefficient (Wildman–Crippen LogP) is 4.22. The molecule has 0 fully saturated rings. The largest absolute Gasteiger partial charge is 0.340 e. The molecule has 4 rings (SSSR count). The number of carbonyl (C=O) groups is 2. The van der Waals surface area contributed by atoms with Crippen molar-refractivity contribution in [2.24, 2.45) is 0 Å². The van der Waals surface area contributed by atoms with Gasteiger partial charge in [-0.2, -0.15) is 0 Å². The van der Waals surface area contributed by atoms with Crippen molar-refractivity contribution >= 4 is 44.2 Å². The molecule has 0 saturated heterocycles. The van der Waals surface area contributed by atoms with E-state index in [0.717, 1.165) is 26.5 Å². The van der Waals surface area contributed by atoms with E-state index in [-0.39, 0.29) is 18.4 Å². The summed E-state index contributed by atoms with van der Waals surface area (Å²) in [5.41, 5.74) is 2.51. The Morgan fingerprint density at radius 3 is 2.54 bits per heavy atom. The van der Waals surface area contributed by atoms with Crippen molar-refractivity contribution in [2.45, 2.75) is 6.54 Å². The first-order valence-electron chi connectivity index (χ1n) is 8.37. The third-order valence-electron chi connectivity index (χ3n) is 4.73. The van der Waals surface area contributed by atoms with Gasteiger partial charge in [-0.05, 0) is 29.1 Å². The molecule has 3 aromatic rings. The normalized spacial score (nSPS) is 12.7. The molecule has 0 bridgehead atoms. The lowest BCUT2D eigenvalue weighted by atomic mass is 10.1. The molecule has 0 unspecified atom stereocenters. The molecule has 0 spiro atoms. The Kier molecular flexibility index (Phi) is 4.24. The highest BCUT2D eigenvalue weighted by Gasteiger charge is 2.31. The van der Waals surface area contributed by atoms with Gasteiger partial charge in [0.05, 0.1) is 5.69 Å². The molecule has 1 heterocycles. The second-order valence-corrected chi connectivity index (χ2v) is 7.27. The molecule has 0 atom stereocenters. The first kappa shape index (κ1) is 16.8. The fourth-order valence-corrected chi connectivity index (χ4v) is 3.77. The zero-order valence-electron chi connectivity index (χ0n) is 14.3. The van der Waals surface area contributed by atoms with Gasteiger partial charge in [-0.1, -0.05) is 58.4 Å². The molecule has 0 N–H and O–H groups in total. The van der Waals surface area contributed by atoms with Crippen molar-refractivity contribution in [1.82, 2.24) is 4.90 Å². The topological polar surface area (TPSA) is 40.6 Å². The van der Waals surface area contributed by atoms with Crippen LogP contribution >= 0.6 is 15.9 Å². The summed E-state index contributed by atoms with van der Waals surface area (Å²) >= 11 is 3.51. The van der Waals surface area contributed by atoms with Crippen LogP contribution in [0.1, 0.15) is 15.9 Å². The summed E-state index contributed by atoms with van der Waals surface area (Å²) in [6.45, 7) is 0.521. The second-order valence-electron chi connectivity index (χ2n) is 6.41. The average molecular weight is 409 g/mol. The molecule has 26 heavy (non-hydrogen) atoms. The van der Waals surface area contributed by atoms with Crippen LogP contribution in [0.25, 0.3) is 10.8 Å². The van der Waals surface area contributed by atoms with Crippen LogP contribution < -0.4 is 4.90 Å². The Labute approximate surface area is 160 Å². The third kappa shape index (κ3) is 2.78. The molecule has 1 aliphatic heterocycles. The van der Waals surface area contributed by atoms with Crippen LogP contribution in [0.4, 0.5) is 5.69 Å². The lowest BCUT2D eigenvalue weighted by Gasteiger charge is -2.23. The molecule has 0 radical (unpaired) electrons. The van der Waals surface area contributed by atoms with Gasteiger partial charge in [0.25, 0.3) is 5.91 Å². The number of anilines is 1. The molecular formula is C21H17BrN2O2. The highest BCUT2D eigenvalue weighted by molar-refractivity contribution is 9.10. The molecule has 4 nitrogen and oxygen atoms in total. The number of carbonyl (C=O) groups excluding carboxylic acids is 2. The van der Waals surface area contributed by atoms with E-state index in [2.05, 4.69) is 15.9 Å². The lowest BCUT2D eigenvalue weighted by Crippen LogP contribution is -2.39. The Bertz CT molecular complexity index is 1030. The zero-order chi connectivity index (χ0) is 18.3. The number of benzene rings is 3. The van der Waals surface area contributed by atoms with E-state index >= 15 is 0 Å². The minimum atomic E-state index is -0.112. The lowest BCUT2D eigenvalue weighted by molar-refractivity contribution is -0.128. The fourth-order valence-electron chi connectivity index (χ4n) is 3.36. The maximum Gasteiger partial charge on any atom is 0.259 e. The molecule has 130 valence electrons. The first-order chi connectivity index (χ1) is 12.6. The number of rotatable bonds is 4. The van der Waals surface area contributed by atoms with E-state index in [1.807, 2.05) is 60.7 Å². The van der Waals surface area contributed by atoms with Crippen LogP contribution in [0, 0.1) is 0 Å². The number of halogens is 1. The van der Waals surface area contributed by atoms with Crippen molar-refractivity contribution in [1.29, 1.82) is 0 Å². The standard InChI is InChI=1S/C21H17BrN2O2/c1-23(12-15-6-2-3-10-17(15)22)19(25)13-24-18-11-5-8-14-7-4-9-16(20(14)18)21(24)26/h2-11H,12-13H2,1H3. The number of amides is 2. The van der Waals surface area contributed by atoms with Crippen molar-refractivity contribution in [3.63, 3.8) is 0 Å². The van der Waals surface area contributed by atoms with Gasteiger partial charge in [-0.15, -0.1) is 0 Å². The summed E-state index contributed by atoms with van der Waals surface area (Å²) in [6.07, 6.45) is 0. The van der Waals surface area contributed by atoms with E-state index in [1.165, 1.54) is 0 Å². The maximum absolute atomic E-state index is 12.8. The monoisotopic (exact) mass is 408 g/mol. The molecule has 3 aromatic carbocycles. The van der Waals surface area contributed by atoms with E-state index in [0.29, 0.717) is 12.1 Å². The summed E-state index contributed by atoms with van der Waals surface area (Å²) in [7, 11) is 1.76. The van der Waals surface area contributed by atoms with Crippen LogP contribution in [0.5, 0.6) is 0 Å². The second kappa shape index (κ2) is 6.57. The van der Waals surface area contributed by atoms with Crippen molar-refractivity contribution in [2.75, 3.05) is 18.5 Å². The van der Waals surface area contributed by atoms with Gasteiger partial charge < -0.3 is 4.90 Å². The van der Waals surface area contributed by atoms with Crippen LogP contribution in [-0.4, -0.2) is 30.3 Å². The Balaban J connectivity index is 1.56. The number of nitrogens with zero attached hydrogens (tertiary/aromatic N) is 2. The summed E-state index contributed by atoms with van der Waals surface area (Å²) in [6, 6.07) is 19.3. The van der Waals surface area contributed by atoms with E-state index in [9.17, 15) is 9.59 Å². The highest BCUT2D eigenvalue weighted by atomic mass is 79.9. The van der Waals surface area contributed by atoms with Crippen LogP contribution in [0.2, 0.25) is 0 Å². The van der Waals surface area contributed by atoms with Crippen molar-refractivity contribution < 1.29 is 9.59 Å². The molecule has 0 aromatic heterocycles. The number of likely N-dealkylation sites (N-methyl/N-ethyl adjacent to an activating group) is 1. The first-order valence-corrected chi connectivity index (χ1v) is 9.16. The Morgan fingerprint density at radius 2 is 1.77 bits per heavy atom. The Morgan fingerprint density at radius 1 is 1.04 bits per heavy atom. The van der Waals surface area contributed by atoms with Gasteiger partial charge in [0.15, 0.2) is 0 Å². The quantitative estimate of drug-likeness (QED) is 0.648. The fraction of sp³-hybridized carbons (Fsp3) is 0.143. The van der Waals surface area contributed by atoms with Crippen LogP contribution in [0.3, 0.4) is 0 Å². The average Bonchev–Trinajstić information content (AvgIpc) is 2.92. The minimum absolute atomic E-state index is 0.0353. The molecule has 5 heteroatoms. The van der Waals surface area contributed by atoms with Gasteiger partial charge in [-0.3, -0.25) is 14.5 Å². The van der Waals surface area contributed by atoms with Gasteiger partial charge >= 0.3 is 0 Å². The zero-order valence-corrected chi connectivity index (χ0v) is 15.9. The predicted molar refractivity (Wildman–Crippen MR) is 106 cm³/mol. The summed E-state index contributed by atoms with van der Waals surface area (Å²) in [5.74, 6) is -0.210. The maximum atomic E-state index is 12.8. The highest BCUT2D eigenvalue weighted by Crippen LogP contribution is 2.37. The number of hydrogen-bond acceptors (Lipinski definition) is 2. The minimum Gasteiger partial charge on any atom is -0.340 e. The van der Waals surface area contributed by atoms with E-state index in [4.69, 9.17) is 0 Å². The summed E-state index contributed by atoms with van der Waals surface area (Å²) < 4.78 is 0.967. The third-order valence-corrected chi connectivity index (χ3v) is 5.51. The smallest absolute Gasteiger partial charge is 0.259 e. The SMILES string of the molecule is CN(Cc1ccccc1Br)C(=O)CN1C(=O)c2cccc3cccc1c23. The van der Waals surface area contributed by atoms with Crippen molar-refractivity contribution in [3.05, 3.63) is 76.3 Å². The van der Waals surface area contributed by atoms with Crippen LogP contribution in [-0.2, 0) is 11.3 Å². The molecule has 2 amide bonds. The molecule has 0 saturated carbocycles. The summed E-state index contributed by atoms with van der Waals surface area (Å²) in [4.78, 5) is 28.8. The van der Waals surface area contributed by atoms with Gasteiger partial charge in [0, 0.05) is 29.0 Å². The number of hydrogen-bond donors (Lipinski definition) is 0. The molecule has 1 aliphatic rings. The van der Waals surface area contributed by atoms with Gasteiger partial charge in [0.1, 0.15) is 6.54 Å². The van der Waals surface area contributed by atoms with Gasteiger partial charge in [0.2, 0.25) is 5.91 Å².